The molecular weight excluding hydrogens is 280 g/mol. The summed E-state index contributed by atoms with van der Waals surface area (Å²) in [5, 5.41) is 5.12. The fourth-order valence-electron chi connectivity index (χ4n) is 2.00. The molecule has 0 aromatic carbocycles. The molecule has 0 spiro atoms. The number of nitrogens with one attached hydrogen (secondary N) is 1. The smallest absolute Gasteiger partial charge is 0.244 e. The summed E-state index contributed by atoms with van der Waals surface area (Å²) in [5.74, 6) is -0.103. The lowest BCUT2D eigenvalue weighted by molar-refractivity contribution is -0.117. The Morgan fingerprint density at radius 3 is 2.67 bits per heavy atom. The van der Waals surface area contributed by atoms with E-state index in [2.05, 4.69) is 37.1 Å². The second kappa shape index (κ2) is 6.68. The number of amides is 1. The zero-order valence-corrected chi connectivity index (χ0v) is 13.4. The van der Waals surface area contributed by atoms with Crippen LogP contribution < -0.4 is 5.32 Å². The summed E-state index contributed by atoms with van der Waals surface area (Å²) in [4.78, 5) is 17.5. The van der Waals surface area contributed by atoms with E-state index in [1.165, 1.54) is 11.0 Å². The predicted octanol–water partition coefficient (Wildman–Crippen LogP) is 4.06. The molecule has 0 saturated carbocycles. The van der Waals surface area contributed by atoms with Gasteiger partial charge in [0.25, 0.3) is 0 Å². The first kappa shape index (κ1) is 15.4. The maximum absolute atomic E-state index is 12.1. The first-order chi connectivity index (χ1) is 9.97. The van der Waals surface area contributed by atoms with E-state index < -0.39 is 0 Å². The second-order valence-corrected chi connectivity index (χ2v) is 6.89. The summed E-state index contributed by atoms with van der Waals surface area (Å²) >= 11 is 1.66. The SMILES string of the molecule is CC(C)(C)C(NC(=O)C=Cc1ccccn1)c1cccs1. The normalized spacial score (nSPS) is 13.3. The molecular formula is C17H20N2OS. The second-order valence-electron chi connectivity index (χ2n) is 5.91. The van der Waals surface area contributed by atoms with E-state index in [1.54, 1.807) is 23.6 Å². The summed E-state index contributed by atoms with van der Waals surface area (Å²) in [7, 11) is 0. The molecule has 21 heavy (non-hydrogen) atoms. The van der Waals surface area contributed by atoms with Crippen LogP contribution in [0.25, 0.3) is 6.08 Å². The van der Waals surface area contributed by atoms with Gasteiger partial charge in [-0.25, -0.2) is 0 Å². The highest BCUT2D eigenvalue weighted by Crippen LogP contribution is 2.35. The molecule has 3 nitrogen and oxygen atoms in total. The van der Waals surface area contributed by atoms with Gasteiger partial charge in [-0.2, -0.15) is 0 Å². The summed E-state index contributed by atoms with van der Waals surface area (Å²) in [5.41, 5.74) is 0.732. The van der Waals surface area contributed by atoms with Crippen LogP contribution in [0.1, 0.15) is 37.4 Å². The number of thiophene rings is 1. The summed E-state index contributed by atoms with van der Waals surface area (Å²) in [6, 6.07) is 9.68. The number of carbonyl (C=O) groups excluding carboxylic acids is 1. The number of nitrogens with zero attached hydrogens (tertiary/aromatic N) is 1. The van der Waals surface area contributed by atoms with Crippen LogP contribution in [-0.2, 0) is 4.79 Å². The van der Waals surface area contributed by atoms with Crippen molar-refractivity contribution < 1.29 is 4.79 Å². The van der Waals surface area contributed by atoms with Crippen LogP contribution in [0, 0.1) is 5.41 Å². The van der Waals surface area contributed by atoms with Gasteiger partial charge in [-0.05, 0) is 35.1 Å². The zero-order valence-electron chi connectivity index (χ0n) is 12.5. The van der Waals surface area contributed by atoms with Gasteiger partial charge in [-0.3, -0.25) is 9.78 Å². The number of hydrogen-bond acceptors (Lipinski definition) is 3. The third-order valence-electron chi connectivity index (χ3n) is 3.07. The predicted molar refractivity (Wildman–Crippen MR) is 87.9 cm³/mol. The van der Waals surface area contributed by atoms with Crippen molar-refractivity contribution in [2.45, 2.75) is 26.8 Å². The van der Waals surface area contributed by atoms with Gasteiger partial charge in [0.1, 0.15) is 0 Å². The Balaban J connectivity index is 2.07. The lowest BCUT2D eigenvalue weighted by Crippen LogP contribution is -2.35. The molecule has 0 aliphatic rings. The molecule has 2 rings (SSSR count). The lowest BCUT2D eigenvalue weighted by Gasteiger charge is -2.30. The molecule has 2 heterocycles. The van der Waals surface area contributed by atoms with Crippen molar-refractivity contribution in [2.75, 3.05) is 0 Å². The largest absolute Gasteiger partial charge is 0.344 e. The van der Waals surface area contributed by atoms with Crippen molar-refractivity contribution in [3.63, 3.8) is 0 Å². The standard InChI is InChI=1S/C17H20N2OS/c1-17(2,3)16(14-8-6-12-21-14)19-15(20)10-9-13-7-4-5-11-18-13/h4-12,16H,1-3H3,(H,19,20). The van der Waals surface area contributed by atoms with Gasteiger partial charge in [0, 0.05) is 17.2 Å². The van der Waals surface area contributed by atoms with Gasteiger partial charge >= 0.3 is 0 Å². The topological polar surface area (TPSA) is 42.0 Å². The summed E-state index contributed by atoms with van der Waals surface area (Å²) in [6.45, 7) is 6.38. The molecule has 1 amide bonds. The molecule has 0 aliphatic carbocycles. The Morgan fingerprint density at radius 2 is 2.10 bits per heavy atom. The third kappa shape index (κ3) is 4.53. The number of hydrogen-bond donors (Lipinski definition) is 1. The first-order valence-electron chi connectivity index (χ1n) is 6.90. The van der Waals surface area contributed by atoms with E-state index in [4.69, 9.17) is 0 Å². The highest BCUT2D eigenvalue weighted by Gasteiger charge is 2.27. The van der Waals surface area contributed by atoms with E-state index in [9.17, 15) is 4.79 Å². The average Bonchev–Trinajstić information content (AvgIpc) is 2.96. The van der Waals surface area contributed by atoms with E-state index >= 15 is 0 Å². The van der Waals surface area contributed by atoms with Crippen LogP contribution in [0.15, 0.2) is 48.0 Å². The Kier molecular flexibility index (Phi) is 4.91. The van der Waals surface area contributed by atoms with E-state index in [1.807, 2.05) is 29.6 Å². The fraction of sp³-hybridized carbons (Fsp3) is 0.294. The van der Waals surface area contributed by atoms with E-state index in [-0.39, 0.29) is 17.4 Å². The molecule has 0 aliphatic heterocycles. The Hall–Kier alpha value is -1.94. The van der Waals surface area contributed by atoms with Crippen LogP contribution in [-0.4, -0.2) is 10.9 Å². The zero-order chi connectivity index (χ0) is 15.3. The van der Waals surface area contributed by atoms with Gasteiger partial charge in [0.15, 0.2) is 0 Å². The molecule has 1 unspecified atom stereocenters. The van der Waals surface area contributed by atoms with Crippen molar-refractivity contribution >= 4 is 23.3 Å². The quantitative estimate of drug-likeness (QED) is 0.865. The molecule has 1 N–H and O–H groups in total. The van der Waals surface area contributed by atoms with Gasteiger partial charge in [-0.15, -0.1) is 11.3 Å². The number of carbonyl (C=O) groups is 1. The number of rotatable bonds is 4. The molecule has 0 fully saturated rings. The van der Waals surface area contributed by atoms with Crippen LogP contribution in [0.5, 0.6) is 0 Å². The summed E-state index contributed by atoms with van der Waals surface area (Å²) in [6.07, 6.45) is 4.97. The molecule has 0 saturated heterocycles. The first-order valence-corrected chi connectivity index (χ1v) is 7.78. The highest BCUT2D eigenvalue weighted by atomic mass is 32.1. The fourth-order valence-corrected chi connectivity index (χ4v) is 3.02. The third-order valence-corrected chi connectivity index (χ3v) is 4.01. The molecule has 0 radical (unpaired) electrons. The van der Waals surface area contributed by atoms with Crippen LogP contribution >= 0.6 is 11.3 Å². The van der Waals surface area contributed by atoms with Crippen molar-refractivity contribution in [1.82, 2.24) is 10.3 Å². The number of aromatic nitrogens is 1. The van der Waals surface area contributed by atoms with Crippen LogP contribution in [0.3, 0.4) is 0 Å². The van der Waals surface area contributed by atoms with Gasteiger partial charge in [0.05, 0.1) is 11.7 Å². The summed E-state index contributed by atoms with van der Waals surface area (Å²) < 4.78 is 0. The molecule has 0 bridgehead atoms. The van der Waals surface area contributed by atoms with Crippen molar-refractivity contribution in [3.8, 4) is 0 Å². The molecule has 2 aromatic rings. The molecule has 110 valence electrons. The molecule has 4 heteroatoms. The Bertz CT molecular complexity index is 597. The monoisotopic (exact) mass is 300 g/mol. The van der Waals surface area contributed by atoms with Gasteiger partial charge < -0.3 is 5.32 Å². The minimum absolute atomic E-state index is 0.00150. The van der Waals surface area contributed by atoms with Crippen LogP contribution in [0.2, 0.25) is 0 Å². The minimum Gasteiger partial charge on any atom is -0.344 e. The Morgan fingerprint density at radius 1 is 1.29 bits per heavy atom. The average molecular weight is 300 g/mol. The highest BCUT2D eigenvalue weighted by molar-refractivity contribution is 7.10. The van der Waals surface area contributed by atoms with Gasteiger partial charge in [-0.1, -0.05) is 32.9 Å². The maximum atomic E-state index is 12.1. The lowest BCUT2D eigenvalue weighted by atomic mass is 9.85. The van der Waals surface area contributed by atoms with Crippen LogP contribution in [0.4, 0.5) is 0 Å². The minimum atomic E-state index is -0.103. The Labute approximate surface area is 129 Å². The van der Waals surface area contributed by atoms with Crippen molar-refractivity contribution in [2.24, 2.45) is 5.41 Å². The van der Waals surface area contributed by atoms with E-state index in [0.717, 1.165) is 5.69 Å². The van der Waals surface area contributed by atoms with Crippen molar-refractivity contribution in [3.05, 3.63) is 58.6 Å². The van der Waals surface area contributed by atoms with Crippen molar-refractivity contribution in [1.29, 1.82) is 0 Å². The maximum Gasteiger partial charge on any atom is 0.244 e. The van der Waals surface area contributed by atoms with E-state index in [0.29, 0.717) is 0 Å². The molecule has 2 aromatic heterocycles. The number of pyridine rings is 1. The van der Waals surface area contributed by atoms with Gasteiger partial charge in [0.2, 0.25) is 5.91 Å². The molecule has 1 atom stereocenters.